The quantitative estimate of drug-likeness (QED) is 0.572. The van der Waals surface area contributed by atoms with E-state index in [0.717, 1.165) is 5.56 Å². The predicted octanol–water partition coefficient (Wildman–Crippen LogP) is 1.56. The Morgan fingerprint density at radius 1 is 1.16 bits per heavy atom. The van der Waals surface area contributed by atoms with E-state index < -0.39 is 0 Å². The summed E-state index contributed by atoms with van der Waals surface area (Å²) in [6, 6.07) is 5.32. The summed E-state index contributed by atoms with van der Waals surface area (Å²) >= 11 is 0. The molecular weight excluding hydrogens is 248 g/mol. The highest BCUT2D eigenvalue weighted by Gasteiger charge is 2.09. The summed E-state index contributed by atoms with van der Waals surface area (Å²) in [5.41, 5.74) is 0.810. The van der Waals surface area contributed by atoms with Gasteiger partial charge >= 0.3 is 5.97 Å². The van der Waals surface area contributed by atoms with Crippen molar-refractivity contribution in [3.63, 3.8) is 0 Å². The first kappa shape index (κ1) is 15.3. The lowest BCUT2D eigenvalue weighted by molar-refractivity contribution is -0.143. The Labute approximate surface area is 113 Å². The second-order valence-electron chi connectivity index (χ2n) is 4.02. The van der Waals surface area contributed by atoms with Crippen LogP contribution in [-0.4, -0.2) is 38.5 Å². The van der Waals surface area contributed by atoms with E-state index in [2.05, 4.69) is 0 Å². The topological polar surface area (TPSA) is 65.0 Å². The van der Waals surface area contributed by atoms with Crippen molar-refractivity contribution in [2.24, 2.45) is 0 Å². The summed E-state index contributed by atoms with van der Waals surface area (Å²) in [7, 11) is 3.11. The number of carbonyl (C=O) groups excluding carboxylic acids is 1. The van der Waals surface area contributed by atoms with Crippen LogP contribution in [0.15, 0.2) is 18.2 Å². The monoisotopic (exact) mass is 268 g/mol. The first-order valence-corrected chi connectivity index (χ1v) is 6.18. The molecule has 5 heteroatoms. The van der Waals surface area contributed by atoms with Gasteiger partial charge in [-0.05, 0) is 30.5 Å². The van der Waals surface area contributed by atoms with Crippen molar-refractivity contribution in [3.8, 4) is 11.5 Å². The smallest absolute Gasteiger partial charge is 0.310 e. The fourth-order valence-corrected chi connectivity index (χ4v) is 1.61. The Kier molecular flexibility index (Phi) is 6.74. The summed E-state index contributed by atoms with van der Waals surface area (Å²) < 4.78 is 15.3. The van der Waals surface area contributed by atoms with Crippen LogP contribution in [0, 0.1) is 0 Å². The molecule has 0 radical (unpaired) electrons. The van der Waals surface area contributed by atoms with Crippen LogP contribution < -0.4 is 9.47 Å². The highest BCUT2D eigenvalue weighted by molar-refractivity contribution is 5.72. The molecule has 0 heterocycles. The van der Waals surface area contributed by atoms with Gasteiger partial charge in [-0.2, -0.15) is 0 Å². The van der Waals surface area contributed by atoms with Crippen molar-refractivity contribution in [2.75, 3.05) is 27.4 Å². The van der Waals surface area contributed by atoms with Gasteiger partial charge in [0.2, 0.25) is 0 Å². The van der Waals surface area contributed by atoms with Crippen molar-refractivity contribution in [1.29, 1.82) is 0 Å². The van der Waals surface area contributed by atoms with Crippen molar-refractivity contribution in [1.82, 2.24) is 0 Å². The van der Waals surface area contributed by atoms with Gasteiger partial charge < -0.3 is 19.3 Å². The molecule has 1 aromatic carbocycles. The second-order valence-corrected chi connectivity index (χ2v) is 4.02. The summed E-state index contributed by atoms with van der Waals surface area (Å²) in [6.45, 7) is 0.458. The maximum atomic E-state index is 11.6. The molecule has 0 unspecified atom stereocenters. The van der Waals surface area contributed by atoms with Crippen molar-refractivity contribution in [2.45, 2.75) is 19.3 Å². The van der Waals surface area contributed by atoms with E-state index in [1.807, 2.05) is 0 Å². The second kappa shape index (κ2) is 8.37. The van der Waals surface area contributed by atoms with Gasteiger partial charge in [0.1, 0.15) is 0 Å². The lowest BCUT2D eigenvalue weighted by Gasteiger charge is -2.09. The molecule has 1 N–H and O–H groups in total. The zero-order valence-electron chi connectivity index (χ0n) is 11.3. The molecule has 19 heavy (non-hydrogen) atoms. The Morgan fingerprint density at radius 2 is 1.89 bits per heavy atom. The van der Waals surface area contributed by atoms with Gasteiger partial charge in [0.05, 0.1) is 27.2 Å². The van der Waals surface area contributed by atoms with Gasteiger partial charge in [-0.1, -0.05) is 6.07 Å². The molecule has 0 aromatic heterocycles. The third-order valence-corrected chi connectivity index (χ3v) is 2.61. The number of aliphatic hydroxyl groups is 1. The summed E-state index contributed by atoms with van der Waals surface area (Å²) in [5.74, 6) is 0.931. The Bertz CT molecular complexity index is 403. The number of benzene rings is 1. The average Bonchev–Trinajstić information content (AvgIpc) is 2.43. The summed E-state index contributed by atoms with van der Waals surface area (Å²) in [4.78, 5) is 11.6. The van der Waals surface area contributed by atoms with Gasteiger partial charge in [-0.3, -0.25) is 4.79 Å². The lowest BCUT2D eigenvalue weighted by atomic mass is 10.1. The van der Waals surface area contributed by atoms with Gasteiger partial charge in [-0.15, -0.1) is 0 Å². The minimum atomic E-state index is -0.287. The van der Waals surface area contributed by atoms with Gasteiger partial charge in [0, 0.05) is 6.61 Å². The zero-order chi connectivity index (χ0) is 14.1. The highest BCUT2D eigenvalue weighted by Crippen LogP contribution is 2.27. The third kappa shape index (κ3) is 5.18. The molecule has 0 aliphatic carbocycles. The highest BCUT2D eigenvalue weighted by atomic mass is 16.5. The molecule has 1 aromatic rings. The average molecular weight is 268 g/mol. The molecule has 0 fully saturated rings. The largest absolute Gasteiger partial charge is 0.493 e. The Morgan fingerprint density at radius 3 is 2.53 bits per heavy atom. The maximum absolute atomic E-state index is 11.6. The SMILES string of the molecule is COc1ccc(CC(=O)OCCCCO)cc1OC. The van der Waals surface area contributed by atoms with Crippen molar-refractivity contribution in [3.05, 3.63) is 23.8 Å². The molecule has 1 rings (SSSR count). The van der Waals surface area contributed by atoms with Crippen LogP contribution in [0.5, 0.6) is 11.5 Å². The number of unbranched alkanes of at least 4 members (excludes halogenated alkanes) is 1. The van der Waals surface area contributed by atoms with E-state index in [0.29, 0.717) is 30.9 Å². The van der Waals surface area contributed by atoms with E-state index in [4.69, 9.17) is 19.3 Å². The standard InChI is InChI=1S/C14H20O5/c1-17-12-6-5-11(9-13(12)18-2)10-14(16)19-8-4-3-7-15/h5-6,9,15H,3-4,7-8,10H2,1-2H3. The van der Waals surface area contributed by atoms with Gasteiger partial charge in [0.15, 0.2) is 11.5 Å². The number of carbonyl (C=O) groups is 1. The van der Waals surface area contributed by atoms with Crippen molar-refractivity contribution < 1.29 is 24.1 Å². The lowest BCUT2D eigenvalue weighted by Crippen LogP contribution is -2.09. The molecule has 106 valence electrons. The van der Waals surface area contributed by atoms with Crippen LogP contribution in [-0.2, 0) is 16.0 Å². The predicted molar refractivity (Wildman–Crippen MR) is 70.5 cm³/mol. The molecule has 0 aliphatic rings. The van der Waals surface area contributed by atoms with Crippen LogP contribution in [0.25, 0.3) is 0 Å². The van der Waals surface area contributed by atoms with Crippen LogP contribution in [0.2, 0.25) is 0 Å². The summed E-state index contributed by atoms with van der Waals surface area (Å²) in [6.07, 6.45) is 1.51. The summed E-state index contributed by atoms with van der Waals surface area (Å²) in [5, 5.41) is 8.61. The molecule has 0 saturated heterocycles. The minimum absolute atomic E-state index is 0.118. The third-order valence-electron chi connectivity index (χ3n) is 2.61. The zero-order valence-corrected chi connectivity index (χ0v) is 11.3. The normalized spacial score (nSPS) is 10.1. The number of hydrogen-bond donors (Lipinski definition) is 1. The molecule has 0 aliphatic heterocycles. The molecular formula is C14H20O5. The van der Waals surface area contributed by atoms with Crippen molar-refractivity contribution >= 4 is 5.97 Å². The van der Waals surface area contributed by atoms with Crippen LogP contribution in [0.1, 0.15) is 18.4 Å². The molecule has 5 nitrogen and oxygen atoms in total. The van der Waals surface area contributed by atoms with Crippen LogP contribution >= 0.6 is 0 Å². The molecule has 0 amide bonds. The Balaban J connectivity index is 2.50. The molecule has 0 spiro atoms. The first-order chi connectivity index (χ1) is 9.21. The molecule has 0 atom stereocenters. The van der Waals surface area contributed by atoms with Gasteiger partial charge in [-0.25, -0.2) is 0 Å². The number of aliphatic hydroxyl groups excluding tert-OH is 1. The number of rotatable bonds is 8. The minimum Gasteiger partial charge on any atom is -0.493 e. The van der Waals surface area contributed by atoms with E-state index in [-0.39, 0.29) is 19.0 Å². The molecule has 0 saturated carbocycles. The fraction of sp³-hybridized carbons (Fsp3) is 0.500. The maximum Gasteiger partial charge on any atom is 0.310 e. The van der Waals surface area contributed by atoms with Gasteiger partial charge in [0.25, 0.3) is 0 Å². The van der Waals surface area contributed by atoms with E-state index in [1.54, 1.807) is 32.4 Å². The van der Waals surface area contributed by atoms with Crippen LogP contribution in [0.3, 0.4) is 0 Å². The number of esters is 1. The number of hydrogen-bond acceptors (Lipinski definition) is 5. The fourth-order valence-electron chi connectivity index (χ4n) is 1.61. The van der Waals surface area contributed by atoms with E-state index in [9.17, 15) is 4.79 Å². The van der Waals surface area contributed by atoms with E-state index >= 15 is 0 Å². The molecule has 0 bridgehead atoms. The van der Waals surface area contributed by atoms with Crippen LogP contribution in [0.4, 0.5) is 0 Å². The Hall–Kier alpha value is -1.75. The number of methoxy groups -OCH3 is 2. The first-order valence-electron chi connectivity index (χ1n) is 6.18. The van der Waals surface area contributed by atoms with E-state index in [1.165, 1.54) is 0 Å². The number of ether oxygens (including phenoxy) is 3.